The SMILES string of the molecule is COCn1c(Cl)c(/C=C2\N=C(c3ccccc3)OC2=O)c2ccccc21. The summed E-state index contributed by atoms with van der Waals surface area (Å²) in [4.78, 5) is 16.6. The number of fused-ring (bicyclic) bond motifs is 1. The first-order chi connectivity index (χ1) is 12.7. The lowest BCUT2D eigenvalue weighted by Gasteiger charge is -2.04. The molecule has 0 radical (unpaired) electrons. The largest absolute Gasteiger partial charge is 0.402 e. The lowest BCUT2D eigenvalue weighted by Crippen LogP contribution is -2.04. The van der Waals surface area contributed by atoms with Crippen LogP contribution in [0.5, 0.6) is 0 Å². The number of hydrogen-bond donors (Lipinski definition) is 0. The number of rotatable bonds is 4. The lowest BCUT2D eigenvalue weighted by atomic mass is 10.1. The van der Waals surface area contributed by atoms with E-state index in [0.29, 0.717) is 23.3 Å². The van der Waals surface area contributed by atoms with Gasteiger partial charge >= 0.3 is 5.97 Å². The number of ether oxygens (including phenoxy) is 2. The molecule has 0 saturated heterocycles. The number of halogens is 1. The van der Waals surface area contributed by atoms with Crippen molar-refractivity contribution in [3.05, 3.63) is 76.6 Å². The first-order valence-electron chi connectivity index (χ1n) is 8.02. The normalized spacial score (nSPS) is 15.5. The smallest absolute Gasteiger partial charge is 0.363 e. The maximum atomic E-state index is 12.3. The van der Waals surface area contributed by atoms with Crippen molar-refractivity contribution in [2.24, 2.45) is 4.99 Å². The van der Waals surface area contributed by atoms with Crippen LogP contribution in [0.2, 0.25) is 5.15 Å². The van der Waals surface area contributed by atoms with Gasteiger partial charge in [-0.3, -0.25) is 0 Å². The molecule has 1 aromatic heterocycles. The number of methoxy groups -OCH3 is 1. The zero-order valence-corrected chi connectivity index (χ0v) is 14.7. The van der Waals surface area contributed by atoms with Crippen LogP contribution in [0.4, 0.5) is 0 Å². The fourth-order valence-corrected chi connectivity index (χ4v) is 3.24. The number of aromatic nitrogens is 1. The predicted octanol–water partition coefficient (Wildman–Crippen LogP) is 4.24. The number of para-hydroxylation sites is 1. The predicted molar refractivity (Wildman–Crippen MR) is 101 cm³/mol. The van der Waals surface area contributed by atoms with E-state index in [4.69, 9.17) is 21.1 Å². The highest BCUT2D eigenvalue weighted by Crippen LogP contribution is 2.33. The van der Waals surface area contributed by atoms with Crippen LogP contribution >= 0.6 is 11.6 Å². The first kappa shape index (κ1) is 16.6. The molecule has 6 heteroatoms. The third-order valence-corrected chi connectivity index (χ3v) is 4.53. The summed E-state index contributed by atoms with van der Waals surface area (Å²) in [6, 6.07) is 17.0. The molecule has 0 saturated carbocycles. The fraction of sp³-hybridized carbons (Fsp3) is 0.100. The summed E-state index contributed by atoms with van der Waals surface area (Å²) in [6.45, 7) is 0.311. The van der Waals surface area contributed by atoms with Crippen LogP contribution in [0.15, 0.2) is 65.3 Å². The molecule has 0 aliphatic carbocycles. The molecule has 0 bridgehead atoms. The summed E-state index contributed by atoms with van der Waals surface area (Å²) in [5, 5.41) is 1.40. The number of hydrogen-bond acceptors (Lipinski definition) is 4. The maximum Gasteiger partial charge on any atom is 0.363 e. The van der Waals surface area contributed by atoms with Gasteiger partial charge in [0.25, 0.3) is 0 Å². The van der Waals surface area contributed by atoms with Crippen molar-refractivity contribution >= 4 is 40.4 Å². The molecular weight excluding hydrogens is 352 g/mol. The average molecular weight is 367 g/mol. The monoisotopic (exact) mass is 366 g/mol. The van der Waals surface area contributed by atoms with Gasteiger partial charge < -0.3 is 14.0 Å². The summed E-state index contributed by atoms with van der Waals surface area (Å²) in [5.41, 5.74) is 2.59. The molecule has 2 heterocycles. The molecule has 1 aliphatic rings. The van der Waals surface area contributed by atoms with E-state index in [9.17, 15) is 4.79 Å². The Hall–Kier alpha value is -2.89. The van der Waals surface area contributed by atoms with Gasteiger partial charge in [-0.2, -0.15) is 0 Å². The second-order valence-corrected chi connectivity index (χ2v) is 6.13. The Morgan fingerprint density at radius 2 is 1.88 bits per heavy atom. The Bertz CT molecular complexity index is 1050. The topological polar surface area (TPSA) is 52.8 Å². The highest BCUT2D eigenvalue weighted by molar-refractivity contribution is 6.33. The third kappa shape index (κ3) is 2.81. The van der Waals surface area contributed by atoms with E-state index in [1.165, 1.54) is 0 Å². The number of carbonyl (C=O) groups is 1. The summed E-state index contributed by atoms with van der Waals surface area (Å²) in [6.07, 6.45) is 1.66. The van der Waals surface area contributed by atoms with Gasteiger partial charge in [-0.05, 0) is 24.3 Å². The number of carbonyl (C=O) groups excluding carboxylic acids is 1. The van der Waals surface area contributed by atoms with E-state index in [1.807, 2.05) is 59.2 Å². The Morgan fingerprint density at radius 1 is 1.15 bits per heavy atom. The van der Waals surface area contributed by atoms with Crippen molar-refractivity contribution in [1.29, 1.82) is 0 Å². The average Bonchev–Trinajstić information content (AvgIpc) is 3.16. The zero-order chi connectivity index (χ0) is 18.1. The van der Waals surface area contributed by atoms with Crippen LogP contribution in [0.1, 0.15) is 11.1 Å². The minimum Gasteiger partial charge on any atom is -0.402 e. The summed E-state index contributed by atoms with van der Waals surface area (Å²) in [5.74, 6) is -0.206. The molecule has 130 valence electrons. The molecule has 2 aromatic carbocycles. The van der Waals surface area contributed by atoms with Crippen LogP contribution < -0.4 is 0 Å². The Morgan fingerprint density at radius 3 is 2.65 bits per heavy atom. The van der Waals surface area contributed by atoms with Crippen molar-refractivity contribution < 1.29 is 14.3 Å². The first-order valence-corrected chi connectivity index (χ1v) is 8.40. The number of nitrogens with zero attached hydrogens (tertiary/aromatic N) is 2. The molecule has 0 fully saturated rings. The van der Waals surface area contributed by atoms with Crippen molar-refractivity contribution in [2.75, 3.05) is 7.11 Å². The molecule has 0 amide bonds. The van der Waals surface area contributed by atoms with E-state index in [-0.39, 0.29) is 5.70 Å². The molecule has 0 atom stereocenters. The number of aliphatic imine (C=N–C) groups is 1. The molecule has 0 unspecified atom stereocenters. The van der Waals surface area contributed by atoms with Crippen LogP contribution in [-0.4, -0.2) is 23.5 Å². The Balaban J connectivity index is 1.83. The van der Waals surface area contributed by atoms with Gasteiger partial charge in [0.1, 0.15) is 11.9 Å². The second-order valence-electron chi connectivity index (χ2n) is 5.77. The minimum atomic E-state index is -0.497. The lowest BCUT2D eigenvalue weighted by molar-refractivity contribution is -0.129. The Labute approximate surface area is 155 Å². The molecule has 3 aromatic rings. The molecule has 1 aliphatic heterocycles. The van der Waals surface area contributed by atoms with Gasteiger partial charge in [-0.1, -0.05) is 48.0 Å². The van der Waals surface area contributed by atoms with Crippen molar-refractivity contribution in [1.82, 2.24) is 4.57 Å². The Kier molecular flexibility index (Phi) is 4.32. The fourth-order valence-electron chi connectivity index (χ4n) is 2.94. The van der Waals surface area contributed by atoms with Crippen molar-refractivity contribution in [2.45, 2.75) is 6.73 Å². The summed E-state index contributed by atoms with van der Waals surface area (Å²) in [7, 11) is 1.61. The van der Waals surface area contributed by atoms with Crippen LogP contribution in [0.3, 0.4) is 0 Å². The maximum absolute atomic E-state index is 12.3. The zero-order valence-electron chi connectivity index (χ0n) is 14.0. The molecule has 0 spiro atoms. The van der Waals surface area contributed by atoms with Crippen LogP contribution in [0, 0.1) is 0 Å². The molecule has 4 rings (SSSR count). The van der Waals surface area contributed by atoms with Crippen LogP contribution in [-0.2, 0) is 21.0 Å². The van der Waals surface area contributed by atoms with Gasteiger partial charge in [-0.25, -0.2) is 9.79 Å². The number of benzene rings is 2. The van der Waals surface area contributed by atoms with E-state index in [1.54, 1.807) is 13.2 Å². The van der Waals surface area contributed by atoms with E-state index in [0.717, 1.165) is 16.5 Å². The highest BCUT2D eigenvalue weighted by atomic mass is 35.5. The van der Waals surface area contributed by atoms with E-state index < -0.39 is 5.97 Å². The molecule has 26 heavy (non-hydrogen) atoms. The van der Waals surface area contributed by atoms with E-state index in [2.05, 4.69) is 4.99 Å². The van der Waals surface area contributed by atoms with Crippen LogP contribution in [0.25, 0.3) is 17.0 Å². The molecule has 0 N–H and O–H groups in total. The minimum absolute atomic E-state index is 0.214. The van der Waals surface area contributed by atoms with Gasteiger partial charge in [0.05, 0.1) is 5.52 Å². The van der Waals surface area contributed by atoms with E-state index >= 15 is 0 Å². The standard InChI is InChI=1S/C20H15ClN2O3/c1-25-12-23-17-10-6-5-9-14(17)15(18(23)21)11-16-20(24)26-19(22-16)13-7-3-2-4-8-13/h2-11H,12H2,1H3/b16-11-. The quantitative estimate of drug-likeness (QED) is 0.512. The summed E-state index contributed by atoms with van der Waals surface area (Å²) >= 11 is 6.55. The van der Waals surface area contributed by atoms with Crippen molar-refractivity contribution in [3.8, 4) is 0 Å². The molecule has 5 nitrogen and oxygen atoms in total. The summed E-state index contributed by atoms with van der Waals surface area (Å²) < 4.78 is 12.4. The van der Waals surface area contributed by atoms with Gasteiger partial charge in [0.2, 0.25) is 5.90 Å². The van der Waals surface area contributed by atoms with Gasteiger partial charge in [-0.15, -0.1) is 0 Å². The highest BCUT2D eigenvalue weighted by Gasteiger charge is 2.25. The third-order valence-electron chi connectivity index (χ3n) is 4.12. The van der Waals surface area contributed by atoms with Gasteiger partial charge in [0, 0.05) is 23.6 Å². The van der Waals surface area contributed by atoms with Gasteiger partial charge in [0.15, 0.2) is 5.70 Å². The number of esters is 1. The second kappa shape index (κ2) is 6.78. The number of cyclic esters (lactones) is 1. The molecular formula is C20H15ClN2O3. The van der Waals surface area contributed by atoms with Crippen molar-refractivity contribution in [3.63, 3.8) is 0 Å².